The summed E-state index contributed by atoms with van der Waals surface area (Å²) in [6.45, 7) is 0. The number of thioether (sulfide) groups is 2. The van der Waals surface area contributed by atoms with Gasteiger partial charge in [0, 0.05) is 9.79 Å². The van der Waals surface area contributed by atoms with E-state index in [1.54, 1.807) is 12.1 Å². The molecule has 1 aromatic carbocycles. The number of rotatable bonds is 2. The molecule has 0 saturated heterocycles. The van der Waals surface area contributed by atoms with Gasteiger partial charge in [0.25, 0.3) is 0 Å². The van der Waals surface area contributed by atoms with E-state index in [-0.39, 0.29) is 10.3 Å². The molecule has 18 heavy (non-hydrogen) atoms. The zero-order valence-corrected chi connectivity index (χ0v) is 10.7. The van der Waals surface area contributed by atoms with Gasteiger partial charge in [-0.15, -0.1) is 10.2 Å². The van der Waals surface area contributed by atoms with Crippen molar-refractivity contribution in [1.82, 2.24) is 0 Å². The van der Waals surface area contributed by atoms with E-state index in [2.05, 4.69) is 20.4 Å². The zero-order chi connectivity index (χ0) is 13.4. The highest BCUT2D eigenvalue weighted by Crippen LogP contribution is 2.32. The third-order valence-corrected chi connectivity index (χ3v) is 3.70. The van der Waals surface area contributed by atoms with E-state index in [0.29, 0.717) is 0 Å². The molecule has 0 bridgehead atoms. The molecule has 0 aliphatic heterocycles. The van der Waals surface area contributed by atoms with Gasteiger partial charge in [-0.2, -0.15) is 10.2 Å². The lowest BCUT2D eigenvalue weighted by molar-refractivity contribution is 1.15. The molecule has 0 aliphatic rings. The van der Waals surface area contributed by atoms with Crippen LogP contribution in [0.5, 0.6) is 0 Å². The van der Waals surface area contributed by atoms with E-state index in [0.717, 1.165) is 33.3 Å². The Morgan fingerprint density at radius 2 is 1.28 bits per heavy atom. The first-order valence-corrected chi connectivity index (χ1v) is 6.13. The van der Waals surface area contributed by atoms with Crippen molar-refractivity contribution in [2.24, 2.45) is 32.1 Å². The zero-order valence-electron chi connectivity index (χ0n) is 9.07. The Labute approximate surface area is 111 Å². The lowest BCUT2D eigenvalue weighted by Crippen LogP contribution is -1.95. The van der Waals surface area contributed by atoms with Crippen molar-refractivity contribution in [2.45, 2.75) is 9.79 Å². The fraction of sp³-hybridized carbons (Fsp3) is 0. The number of hydrazone groups is 2. The molecule has 0 radical (unpaired) electrons. The lowest BCUT2D eigenvalue weighted by atomic mass is 10.4. The topological polar surface area (TPSA) is 149 Å². The number of nitrogens with two attached hydrogens (primary N) is 2. The fourth-order valence-corrected chi connectivity index (χ4v) is 2.44. The predicted molar refractivity (Wildman–Crippen MR) is 71.7 cm³/mol. The molecule has 0 heterocycles. The summed E-state index contributed by atoms with van der Waals surface area (Å²) in [4.78, 5) is 1.54. The molecule has 94 valence electrons. The van der Waals surface area contributed by atoms with Crippen LogP contribution in [-0.2, 0) is 0 Å². The van der Waals surface area contributed by atoms with E-state index in [4.69, 9.17) is 22.7 Å². The van der Waals surface area contributed by atoms with Crippen molar-refractivity contribution in [3.63, 3.8) is 0 Å². The molecule has 0 saturated carbocycles. The van der Waals surface area contributed by atoms with Gasteiger partial charge in [-0.05, 0) is 35.7 Å². The van der Waals surface area contributed by atoms with Crippen molar-refractivity contribution in [1.29, 1.82) is 11.1 Å². The predicted octanol–water partition coefficient (Wildman–Crippen LogP) is 2.39. The molecule has 0 aliphatic carbocycles. The second-order valence-electron chi connectivity index (χ2n) is 2.70. The summed E-state index contributed by atoms with van der Waals surface area (Å²) in [5, 5.41) is 13.3. The van der Waals surface area contributed by atoms with Gasteiger partial charge in [0.05, 0.1) is 0 Å². The number of nitrogens with zero attached hydrogens (tertiary/aromatic N) is 4. The van der Waals surface area contributed by atoms with Crippen LogP contribution in [0.4, 0.5) is 0 Å². The van der Waals surface area contributed by atoms with Gasteiger partial charge in [0.2, 0.25) is 10.3 Å². The molecule has 8 nitrogen and oxygen atoms in total. The third-order valence-electron chi connectivity index (χ3n) is 1.66. The Balaban J connectivity index is 2.99. The molecular weight excluding hydrogens is 272 g/mol. The summed E-state index contributed by atoms with van der Waals surface area (Å²) in [6, 6.07) is 7.26. The molecule has 1 aromatic rings. The van der Waals surface area contributed by atoms with E-state index >= 15 is 0 Å². The number of benzene rings is 1. The maximum atomic E-state index is 6.89. The average molecular weight is 282 g/mol. The highest BCUT2D eigenvalue weighted by atomic mass is 32.2. The van der Waals surface area contributed by atoms with Gasteiger partial charge in [-0.1, -0.05) is 12.1 Å². The normalized spacial score (nSPS) is 12.2. The van der Waals surface area contributed by atoms with Crippen molar-refractivity contribution < 1.29 is 0 Å². The smallest absolute Gasteiger partial charge is 0.230 e. The molecule has 0 atom stereocenters. The summed E-state index contributed by atoms with van der Waals surface area (Å²) in [5.74, 6) is 10.2. The van der Waals surface area contributed by atoms with Crippen LogP contribution in [0.1, 0.15) is 0 Å². The van der Waals surface area contributed by atoms with Crippen LogP contribution in [0.25, 0.3) is 0 Å². The molecule has 0 aromatic heterocycles. The molecule has 0 unspecified atom stereocenters. The molecular formula is C8H10N8S2. The number of amidine groups is 2. The summed E-state index contributed by atoms with van der Waals surface area (Å²) in [6.07, 6.45) is 0. The van der Waals surface area contributed by atoms with Crippen LogP contribution in [0.3, 0.4) is 0 Å². The Morgan fingerprint density at radius 1 is 0.889 bits per heavy atom. The van der Waals surface area contributed by atoms with Gasteiger partial charge < -0.3 is 11.7 Å². The van der Waals surface area contributed by atoms with Crippen LogP contribution in [-0.4, -0.2) is 10.3 Å². The minimum atomic E-state index is 0.122. The summed E-state index contributed by atoms with van der Waals surface area (Å²) < 4.78 is 0. The van der Waals surface area contributed by atoms with E-state index in [1.165, 1.54) is 0 Å². The first-order chi connectivity index (χ1) is 8.74. The Morgan fingerprint density at radius 3 is 1.56 bits per heavy atom. The average Bonchev–Trinajstić information content (AvgIpc) is 2.43. The summed E-state index contributed by atoms with van der Waals surface area (Å²) in [7, 11) is 0. The molecule has 1 rings (SSSR count). The first kappa shape index (κ1) is 14.1. The van der Waals surface area contributed by atoms with E-state index < -0.39 is 0 Å². The maximum absolute atomic E-state index is 6.89. The summed E-state index contributed by atoms with van der Waals surface area (Å²) >= 11 is 2.26. The van der Waals surface area contributed by atoms with Crippen LogP contribution in [0, 0.1) is 11.1 Å². The highest BCUT2D eigenvalue weighted by molar-refractivity contribution is 8.16. The largest absolute Gasteiger partial charge is 0.321 e. The van der Waals surface area contributed by atoms with Crippen molar-refractivity contribution >= 4 is 33.9 Å². The van der Waals surface area contributed by atoms with Gasteiger partial charge >= 0.3 is 0 Å². The van der Waals surface area contributed by atoms with Crippen LogP contribution >= 0.6 is 23.5 Å². The van der Waals surface area contributed by atoms with Gasteiger partial charge in [-0.3, -0.25) is 0 Å². The molecule has 10 heteroatoms. The van der Waals surface area contributed by atoms with Crippen molar-refractivity contribution in [3.8, 4) is 0 Å². The molecule has 0 spiro atoms. The second kappa shape index (κ2) is 7.40. The SMILES string of the molecule is N=NC(=NN)Sc1ccccc1SC(N=N)=NN. The monoisotopic (exact) mass is 282 g/mol. The van der Waals surface area contributed by atoms with E-state index in [9.17, 15) is 0 Å². The quantitative estimate of drug-likeness (QED) is 0.164. The fourth-order valence-electron chi connectivity index (χ4n) is 0.972. The molecule has 0 amide bonds. The number of nitrogens with one attached hydrogen (secondary N) is 2. The lowest BCUT2D eigenvalue weighted by Gasteiger charge is -2.05. The number of hydrogen-bond donors (Lipinski definition) is 4. The molecule has 6 N–H and O–H groups in total. The van der Waals surface area contributed by atoms with E-state index in [1.807, 2.05) is 12.1 Å². The minimum absolute atomic E-state index is 0.122. The molecule has 0 fully saturated rings. The highest BCUT2D eigenvalue weighted by Gasteiger charge is 2.09. The van der Waals surface area contributed by atoms with Gasteiger partial charge in [-0.25, -0.2) is 11.1 Å². The van der Waals surface area contributed by atoms with Gasteiger partial charge in [0.15, 0.2) is 0 Å². The van der Waals surface area contributed by atoms with Crippen molar-refractivity contribution in [3.05, 3.63) is 24.3 Å². The van der Waals surface area contributed by atoms with Crippen LogP contribution < -0.4 is 11.7 Å². The maximum Gasteiger partial charge on any atom is 0.230 e. The number of hydrogen-bond acceptors (Lipinski definition) is 8. The third kappa shape index (κ3) is 3.82. The second-order valence-corrected chi connectivity index (χ2v) is 4.72. The Kier molecular flexibility index (Phi) is 5.80. The van der Waals surface area contributed by atoms with Crippen molar-refractivity contribution in [2.75, 3.05) is 0 Å². The summed E-state index contributed by atoms with van der Waals surface area (Å²) in [5.41, 5.74) is 13.8. The minimum Gasteiger partial charge on any atom is -0.321 e. The first-order valence-electron chi connectivity index (χ1n) is 4.50. The Hall–Kier alpha value is -1.94. The van der Waals surface area contributed by atoms with Crippen LogP contribution in [0.15, 0.2) is 54.5 Å². The standard InChI is InChI=1S/C8H10N8S2/c9-13-7(14-10)17-5-3-1-2-4-6(5)18-8(15-11)16-12/h1-4,9,11H,10,12H2. The van der Waals surface area contributed by atoms with Crippen LogP contribution in [0.2, 0.25) is 0 Å². The Bertz CT molecular complexity index is 453. The van der Waals surface area contributed by atoms with Gasteiger partial charge in [0.1, 0.15) is 0 Å².